The predicted molar refractivity (Wildman–Crippen MR) is 132 cm³/mol. The number of hydrogen-bond acceptors (Lipinski definition) is 5. The first kappa shape index (κ1) is 25.9. The van der Waals surface area contributed by atoms with Crippen LogP contribution in [-0.2, 0) is 9.92 Å². The van der Waals surface area contributed by atoms with Crippen LogP contribution >= 0.6 is 0 Å². The molecule has 2 rings (SSSR count). The summed E-state index contributed by atoms with van der Waals surface area (Å²) in [6.45, 7) is 15.5. The minimum atomic E-state index is -3.40. The van der Waals surface area contributed by atoms with Crippen LogP contribution in [0.2, 0.25) is 0 Å². The maximum atomic E-state index is 13.3. The molecule has 1 unspecified atom stereocenters. The normalized spacial score (nSPS) is 21.2. The highest BCUT2D eigenvalue weighted by Gasteiger charge is 2.36. The third-order valence-electron chi connectivity index (χ3n) is 6.00. The Morgan fingerprint density at radius 2 is 1.81 bits per heavy atom. The summed E-state index contributed by atoms with van der Waals surface area (Å²) < 4.78 is 19.3. The molecule has 0 aliphatic carbocycles. The minimum Gasteiger partial charge on any atom is -0.307 e. The number of likely N-dealkylation sites (tertiary alicyclic amines) is 1. The summed E-state index contributed by atoms with van der Waals surface area (Å²) in [5, 5.41) is 13.4. The summed E-state index contributed by atoms with van der Waals surface area (Å²) >= 11 is 0. The van der Waals surface area contributed by atoms with Gasteiger partial charge in [-0.2, -0.15) is 5.26 Å². The van der Waals surface area contributed by atoms with Gasteiger partial charge in [0.05, 0.1) is 0 Å². The van der Waals surface area contributed by atoms with Gasteiger partial charge >= 0.3 is 6.03 Å². The molecule has 0 aromatic heterocycles. The zero-order valence-corrected chi connectivity index (χ0v) is 21.1. The number of benzene rings is 1. The number of urea groups is 1. The largest absolute Gasteiger partial charge is 0.331 e. The van der Waals surface area contributed by atoms with E-state index in [0.717, 1.165) is 30.5 Å². The Labute approximate surface area is 193 Å². The first-order chi connectivity index (χ1) is 14.9. The van der Waals surface area contributed by atoms with Crippen LogP contribution in [0.3, 0.4) is 0 Å². The second kappa shape index (κ2) is 10.5. The van der Waals surface area contributed by atoms with Crippen LogP contribution in [0.25, 0.3) is 0 Å². The van der Waals surface area contributed by atoms with Crippen molar-refractivity contribution in [2.24, 2.45) is 4.36 Å². The van der Waals surface area contributed by atoms with E-state index in [9.17, 15) is 9.00 Å². The maximum absolute atomic E-state index is 13.3. The molecule has 32 heavy (non-hydrogen) atoms. The van der Waals surface area contributed by atoms with Crippen LogP contribution in [0.1, 0.15) is 84.3 Å². The monoisotopic (exact) mass is 459 g/mol. The number of carbonyl (C=O) groups excluding carboxylic acids is 1. The summed E-state index contributed by atoms with van der Waals surface area (Å²) in [6, 6.07) is 5.61. The van der Waals surface area contributed by atoms with E-state index in [4.69, 9.17) is 5.26 Å². The molecule has 0 radical (unpaired) electrons. The maximum Gasteiger partial charge on any atom is 0.331 e. The summed E-state index contributed by atoms with van der Waals surface area (Å²) in [4.78, 5) is 15.2. The summed E-state index contributed by atoms with van der Waals surface area (Å²) in [5.41, 5.74) is 2.41. The van der Waals surface area contributed by atoms with Crippen LogP contribution in [-0.4, -0.2) is 33.3 Å². The summed E-state index contributed by atoms with van der Waals surface area (Å²) in [5.74, 6) is 0.391. The van der Waals surface area contributed by atoms with Gasteiger partial charge in [0.2, 0.25) is 6.19 Å². The van der Waals surface area contributed by atoms with E-state index >= 15 is 0 Å². The lowest BCUT2D eigenvalue weighted by atomic mass is 9.93. The molecule has 2 amide bonds. The molecule has 2 N–H and O–H groups in total. The Kier molecular flexibility index (Phi) is 8.49. The van der Waals surface area contributed by atoms with Crippen molar-refractivity contribution in [3.05, 3.63) is 40.8 Å². The molecule has 8 heteroatoms. The van der Waals surface area contributed by atoms with Crippen LogP contribution in [0.5, 0.6) is 0 Å². The minimum absolute atomic E-state index is 0.196. The van der Waals surface area contributed by atoms with Gasteiger partial charge in [0.15, 0.2) is 9.92 Å². The molecule has 176 valence electrons. The van der Waals surface area contributed by atoms with Crippen LogP contribution in [0.4, 0.5) is 10.5 Å². The van der Waals surface area contributed by atoms with E-state index in [1.807, 2.05) is 24.3 Å². The molecule has 1 saturated heterocycles. The highest BCUT2D eigenvalue weighted by molar-refractivity contribution is 7.95. The average Bonchev–Trinajstić information content (AvgIpc) is 3.08. The van der Waals surface area contributed by atoms with Gasteiger partial charge in [0.25, 0.3) is 0 Å². The van der Waals surface area contributed by atoms with Gasteiger partial charge in [-0.05, 0) is 63.1 Å². The lowest BCUT2D eigenvalue weighted by Crippen LogP contribution is -2.44. The molecule has 0 spiro atoms. The second-order valence-electron chi connectivity index (χ2n) is 9.49. The molecule has 2 atom stereocenters. The first-order valence-corrected chi connectivity index (χ1v) is 12.8. The van der Waals surface area contributed by atoms with Crippen LogP contribution < -0.4 is 10.0 Å². The number of amides is 2. The van der Waals surface area contributed by atoms with Gasteiger partial charge in [-0.1, -0.05) is 56.3 Å². The van der Waals surface area contributed by atoms with Crippen LogP contribution in [0, 0.1) is 11.5 Å². The molecule has 1 fully saturated rings. The SMILES string of the molecule is CC(C)c1cccc(C(C)C)c1NC(=O)NS(=O)(/C=C/[C@]1(C)CCCN1C(C)C)=NC#N. The van der Waals surface area contributed by atoms with Crippen molar-refractivity contribution in [1.82, 2.24) is 9.62 Å². The molecule has 1 aromatic carbocycles. The number of nitrogens with zero attached hydrogens (tertiary/aromatic N) is 3. The van der Waals surface area contributed by atoms with Crippen molar-refractivity contribution in [1.29, 1.82) is 5.26 Å². The fraction of sp³-hybridized carbons (Fsp3) is 0.583. The van der Waals surface area contributed by atoms with E-state index in [0.29, 0.717) is 11.7 Å². The quantitative estimate of drug-likeness (QED) is 0.511. The van der Waals surface area contributed by atoms with Gasteiger partial charge in [0.1, 0.15) is 0 Å². The lowest BCUT2D eigenvalue weighted by molar-refractivity contribution is 0.159. The fourth-order valence-electron chi connectivity index (χ4n) is 4.39. The number of anilines is 1. The van der Waals surface area contributed by atoms with Crippen molar-refractivity contribution in [3.8, 4) is 6.19 Å². The van der Waals surface area contributed by atoms with Gasteiger partial charge in [-0.25, -0.2) is 13.7 Å². The van der Waals surface area contributed by atoms with E-state index in [-0.39, 0.29) is 17.4 Å². The Hall–Kier alpha value is -2.37. The second-order valence-corrected chi connectivity index (χ2v) is 11.3. The standard InChI is InChI=1S/C24H37N5O2S/c1-17(2)20-10-8-11-21(18(3)4)22(20)27-23(30)28-32(31,26-16-25)15-13-24(7)12-9-14-29(24)19(5)6/h8,10-11,13,15,17-19H,9,12,14H2,1-7H3,(H2,26,27,28,30,31)/b15-13+/t24-,32?/m0/s1. The summed E-state index contributed by atoms with van der Waals surface area (Å²) in [6.07, 6.45) is 5.37. The predicted octanol–water partition coefficient (Wildman–Crippen LogP) is 5.70. The van der Waals surface area contributed by atoms with E-state index in [1.54, 1.807) is 6.19 Å². The van der Waals surface area contributed by atoms with E-state index < -0.39 is 15.9 Å². The molecule has 1 heterocycles. The molecule has 0 bridgehead atoms. The molecular weight excluding hydrogens is 422 g/mol. The number of nitriles is 1. The van der Waals surface area contributed by atoms with Crippen LogP contribution in [0.15, 0.2) is 34.0 Å². The molecule has 1 aliphatic rings. The number of rotatable bonds is 7. The molecule has 1 aliphatic heterocycles. The third-order valence-corrected chi connectivity index (χ3v) is 7.34. The molecule has 0 saturated carbocycles. The van der Waals surface area contributed by atoms with Crippen molar-refractivity contribution in [2.75, 3.05) is 11.9 Å². The third kappa shape index (κ3) is 6.11. The topological polar surface area (TPSA) is 97.6 Å². The van der Waals surface area contributed by atoms with Gasteiger partial charge in [-0.3, -0.25) is 4.90 Å². The van der Waals surface area contributed by atoms with Crippen molar-refractivity contribution < 1.29 is 9.00 Å². The molecular formula is C24H37N5O2S. The van der Waals surface area contributed by atoms with Crippen molar-refractivity contribution in [3.63, 3.8) is 0 Å². The Bertz CT molecular complexity index is 989. The lowest BCUT2D eigenvalue weighted by Gasteiger charge is -2.35. The van der Waals surface area contributed by atoms with Crippen molar-refractivity contribution in [2.45, 2.75) is 84.7 Å². The number of hydrogen-bond donors (Lipinski definition) is 2. The Morgan fingerprint density at radius 3 is 2.31 bits per heavy atom. The zero-order chi connectivity index (χ0) is 24.1. The smallest absolute Gasteiger partial charge is 0.307 e. The average molecular weight is 460 g/mol. The van der Waals surface area contributed by atoms with Gasteiger partial charge < -0.3 is 5.32 Å². The molecule has 1 aromatic rings. The number of nitrogens with one attached hydrogen (secondary N) is 2. The fourth-order valence-corrected chi connectivity index (χ4v) is 5.48. The summed E-state index contributed by atoms with van der Waals surface area (Å²) in [7, 11) is -3.40. The van der Waals surface area contributed by atoms with Gasteiger partial charge in [0, 0.05) is 22.7 Å². The Morgan fingerprint density at radius 1 is 1.22 bits per heavy atom. The number of para-hydroxylation sites is 1. The zero-order valence-electron chi connectivity index (χ0n) is 20.3. The highest BCUT2D eigenvalue weighted by atomic mass is 32.2. The first-order valence-electron chi connectivity index (χ1n) is 11.2. The van der Waals surface area contributed by atoms with E-state index in [2.05, 4.69) is 67.8 Å². The van der Waals surface area contributed by atoms with Gasteiger partial charge in [-0.15, -0.1) is 0 Å². The number of carbonyl (C=O) groups is 1. The van der Waals surface area contributed by atoms with E-state index in [1.165, 1.54) is 5.41 Å². The molecule has 7 nitrogen and oxygen atoms in total. The van der Waals surface area contributed by atoms with Crippen molar-refractivity contribution >= 4 is 21.6 Å². The highest BCUT2D eigenvalue weighted by Crippen LogP contribution is 2.33. The Balaban J connectivity index is 2.32.